The number of halogens is 3. The molecule has 2 atom stereocenters. The molecule has 3 aliphatic rings. The van der Waals surface area contributed by atoms with Gasteiger partial charge in [0.1, 0.15) is 6.54 Å². The molecule has 0 spiro atoms. The molecule has 3 amide bonds. The Morgan fingerprint density at radius 1 is 0.938 bits per heavy atom. The molecule has 2 aliphatic heterocycles. The Morgan fingerprint density at radius 2 is 1.56 bits per heavy atom. The summed E-state index contributed by atoms with van der Waals surface area (Å²) in [6.45, 7) is -0.487. The molecule has 1 aliphatic carbocycles. The largest absolute Gasteiger partial charge is 0.416 e. The first-order valence-electron chi connectivity index (χ1n) is 10.4. The molecule has 0 bridgehead atoms. The third-order valence-electron chi connectivity index (χ3n) is 6.33. The molecule has 0 radical (unpaired) electrons. The van der Waals surface area contributed by atoms with Crippen LogP contribution in [-0.2, 0) is 20.6 Å². The molecule has 32 heavy (non-hydrogen) atoms. The second kappa shape index (κ2) is 7.65. The van der Waals surface area contributed by atoms with Crippen molar-refractivity contribution in [3.05, 3.63) is 48.0 Å². The van der Waals surface area contributed by atoms with E-state index in [1.807, 2.05) is 0 Å². The molecule has 5 rings (SSSR count). The lowest BCUT2D eigenvalue weighted by atomic mass is 9.81. The van der Waals surface area contributed by atoms with Crippen molar-refractivity contribution in [2.24, 2.45) is 11.8 Å². The van der Waals surface area contributed by atoms with Crippen LogP contribution in [0.3, 0.4) is 0 Å². The molecule has 2 unspecified atom stereocenters. The molecular weight excluding hydrogens is 441 g/mol. The summed E-state index contributed by atoms with van der Waals surface area (Å²) in [7, 11) is 0. The highest BCUT2D eigenvalue weighted by atomic mass is 32.2. The third kappa shape index (κ3) is 3.39. The summed E-state index contributed by atoms with van der Waals surface area (Å²) < 4.78 is 40.1. The van der Waals surface area contributed by atoms with Gasteiger partial charge in [-0.2, -0.15) is 13.2 Å². The van der Waals surface area contributed by atoms with Gasteiger partial charge in [0, 0.05) is 9.79 Å². The van der Waals surface area contributed by atoms with E-state index in [4.69, 9.17) is 0 Å². The van der Waals surface area contributed by atoms with Gasteiger partial charge in [-0.05, 0) is 43.2 Å². The lowest BCUT2D eigenvalue weighted by Crippen LogP contribution is -2.42. The fourth-order valence-corrected chi connectivity index (χ4v) is 5.83. The number of hydrogen-bond acceptors (Lipinski definition) is 4. The number of hydrogen-bond donors (Lipinski definition) is 0. The topological polar surface area (TPSA) is 57.7 Å². The number of rotatable bonds is 2. The van der Waals surface area contributed by atoms with E-state index in [-0.39, 0.29) is 17.5 Å². The Kier molecular flexibility index (Phi) is 5.03. The van der Waals surface area contributed by atoms with Crippen LogP contribution in [0.2, 0.25) is 0 Å². The number of alkyl halides is 3. The summed E-state index contributed by atoms with van der Waals surface area (Å²) in [6.07, 6.45) is -1.58. The second-order valence-electron chi connectivity index (χ2n) is 8.24. The van der Waals surface area contributed by atoms with E-state index < -0.39 is 36.0 Å². The van der Waals surface area contributed by atoms with E-state index in [9.17, 15) is 27.6 Å². The average Bonchev–Trinajstić information content (AvgIpc) is 3.01. The highest BCUT2D eigenvalue weighted by Gasteiger charge is 2.49. The minimum Gasteiger partial charge on any atom is -0.277 e. The number of para-hydroxylation sites is 1. The monoisotopic (exact) mass is 460 g/mol. The van der Waals surface area contributed by atoms with Gasteiger partial charge in [0.05, 0.1) is 28.8 Å². The molecule has 5 nitrogen and oxygen atoms in total. The normalized spacial score (nSPS) is 22.5. The number of carbonyl (C=O) groups is 3. The van der Waals surface area contributed by atoms with Crippen LogP contribution >= 0.6 is 11.8 Å². The molecule has 2 heterocycles. The summed E-state index contributed by atoms with van der Waals surface area (Å²) in [5, 5.41) is 0. The van der Waals surface area contributed by atoms with Gasteiger partial charge in [-0.25, -0.2) is 0 Å². The van der Waals surface area contributed by atoms with Crippen LogP contribution in [0.5, 0.6) is 0 Å². The first kappa shape index (κ1) is 21.1. The Balaban J connectivity index is 1.52. The molecule has 2 fully saturated rings. The molecule has 1 saturated heterocycles. The van der Waals surface area contributed by atoms with Crippen LogP contribution in [0.1, 0.15) is 31.2 Å². The van der Waals surface area contributed by atoms with Crippen molar-refractivity contribution in [2.45, 2.75) is 41.7 Å². The molecular formula is C23H19F3N2O3S. The number of carbonyl (C=O) groups excluding carboxylic acids is 3. The predicted octanol–water partition coefficient (Wildman–Crippen LogP) is 5.01. The van der Waals surface area contributed by atoms with Crippen molar-refractivity contribution in [3.63, 3.8) is 0 Å². The molecule has 2 aromatic rings. The summed E-state index contributed by atoms with van der Waals surface area (Å²) in [5.74, 6) is -2.10. The summed E-state index contributed by atoms with van der Waals surface area (Å²) >= 11 is 1.27. The van der Waals surface area contributed by atoms with E-state index >= 15 is 0 Å². The van der Waals surface area contributed by atoms with Gasteiger partial charge in [0.2, 0.25) is 11.8 Å². The van der Waals surface area contributed by atoms with E-state index in [0.717, 1.165) is 29.9 Å². The molecule has 9 heteroatoms. The summed E-state index contributed by atoms with van der Waals surface area (Å²) in [6, 6.07) is 10.2. The Morgan fingerprint density at radius 3 is 2.22 bits per heavy atom. The number of likely N-dealkylation sites (tertiary alicyclic amines) is 1. The van der Waals surface area contributed by atoms with E-state index in [1.165, 1.54) is 22.7 Å². The van der Waals surface area contributed by atoms with Crippen LogP contribution in [0, 0.1) is 11.8 Å². The number of anilines is 2. The smallest absolute Gasteiger partial charge is 0.277 e. The highest BCUT2D eigenvalue weighted by Crippen LogP contribution is 2.49. The summed E-state index contributed by atoms with van der Waals surface area (Å²) in [5.41, 5.74) is -0.329. The van der Waals surface area contributed by atoms with Crippen molar-refractivity contribution >= 4 is 40.9 Å². The van der Waals surface area contributed by atoms with Crippen molar-refractivity contribution in [1.29, 1.82) is 0 Å². The quantitative estimate of drug-likeness (QED) is 0.592. The molecule has 2 aromatic carbocycles. The van der Waals surface area contributed by atoms with Gasteiger partial charge in [0.15, 0.2) is 0 Å². The van der Waals surface area contributed by atoms with Gasteiger partial charge in [-0.15, -0.1) is 0 Å². The number of nitrogens with zero attached hydrogens (tertiary/aromatic N) is 2. The van der Waals surface area contributed by atoms with Gasteiger partial charge in [0.25, 0.3) is 5.91 Å². The Hall–Kier alpha value is -2.81. The highest BCUT2D eigenvalue weighted by molar-refractivity contribution is 7.99. The zero-order valence-corrected chi connectivity index (χ0v) is 17.7. The lowest BCUT2D eigenvalue weighted by molar-refractivity contribution is -0.143. The van der Waals surface area contributed by atoms with Gasteiger partial charge < -0.3 is 0 Å². The van der Waals surface area contributed by atoms with E-state index in [0.29, 0.717) is 28.3 Å². The second-order valence-corrected chi connectivity index (χ2v) is 9.32. The summed E-state index contributed by atoms with van der Waals surface area (Å²) in [4.78, 5) is 42.5. The first-order chi connectivity index (χ1) is 15.3. The zero-order valence-electron chi connectivity index (χ0n) is 16.9. The van der Waals surface area contributed by atoms with E-state index in [1.54, 1.807) is 24.3 Å². The van der Waals surface area contributed by atoms with E-state index in [2.05, 4.69) is 0 Å². The minimum atomic E-state index is -4.57. The lowest BCUT2D eigenvalue weighted by Gasteiger charge is -2.32. The SMILES string of the molecule is O=C1C2CCCCC2C(=O)N1CC(=O)N1c2ccccc2Sc2ccc(C(F)(F)F)cc21. The number of benzene rings is 2. The predicted molar refractivity (Wildman–Crippen MR) is 111 cm³/mol. The average molecular weight is 460 g/mol. The van der Waals surface area contributed by atoms with Gasteiger partial charge in [-0.3, -0.25) is 24.2 Å². The van der Waals surface area contributed by atoms with Crippen molar-refractivity contribution < 1.29 is 27.6 Å². The zero-order chi connectivity index (χ0) is 22.6. The molecule has 1 saturated carbocycles. The molecule has 0 N–H and O–H groups in total. The van der Waals surface area contributed by atoms with Gasteiger partial charge in [-0.1, -0.05) is 36.7 Å². The maximum atomic E-state index is 13.4. The van der Waals surface area contributed by atoms with Crippen molar-refractivity contribution in [1.82, 2.24) is 4.90 Å². The number of fused-ring (bicyclic) bond motifs is 3. The molecule has 166 valence electrons. The fourth-order valence-electron chi connectivity index (χ4n) is 4.79. The van der Waals surface area contributed by atoms with Crippen molar-refractivity contribution in [3.8, 4) is 0 Å². The Bertz CT molecular complexity index is 1110. The van der Waals surface area contributed by atoms with Crippen LogP contribution in [0.25, 0.3) is 0 Å². The number of imide groups is 1. The van der Waals surface area contributed by atoms with Crippen molar-refractivity contribution in [2.75, 3.05) is 11.4 Å². The van der Waals surface area contributed by atoms with Crippen LogP contribution < -0.4 is 4.90 Å². The molecule has 0 aromatic heterocycles. The maximum absolute atomic E-state index is 13.4. The van der Waals surface area contributed by atoms with Crippen LogP contribution in [0.4, 0.5) is 24.5 Å². The van der Waals surface area contributed by atoms with Crippen LogP contribution in [0.15, 0.2) is 52.3 Å². The first-order valence-corrected chi connectivity index (χ1v) is 11.2. The number of amides is 3. The van der Waals surface area contributed by atoms with Gasteiger partial charge >= 0.3 is 6.18 Å². The standard InChI is InChI=1S/C23H19F3N2O3S/c24-23(25,26)13-9-10-19-17(11-13)28(16-7-3-4-8-18(16)32-19)20(29)12-27-21(30)14-5-1-2-6-15(14)22(27)31/h3-4,7-11,14-15H,1-2,5-6,12H2. The minimum absolute atomic E-state index is 0.102. The Labute approximate surface area is 186 Å². The third-order valence-corrected chi connectivity index (χ3v) is 7.46. The maximum Gasteiger partial charge on any atom is 0.416 e. The van der Waals surface area contributed by atoms with Crippen LogP contribution in [-0.4, -0.2) is 29.2 Å². The fraction of sp³-hybridized carbons (Fsp3) is 0.348.